The van der Waals surface area contributed by atoms with Gasteiger partial charge in [0.15, 0.2) is 0 Å². The van der Waals surface area contributed by atoms with Crippen LogP contribution in [0.25, 0.3) is 0 Å². The molecule has 0 bridgehead atoms. The molecule has 0 aliphatic rings. The summed E-state index contributed by atoms with van der Waals surface area (Å²) in [6.45, 7) is 7.41. The Bertz CT molecular complexity index is 561. The minimum absolute atomic E-state index is 0. The molecular formula is C19H26ClNO2. The van der Waals surface area contributed by atoms with Crippen molar-refractivity contribution in [2.45, 2.75) is 20.3 Å². The molecule has 23 heavy (non-hydrogen) atoms. The summed E-state index contributed by atoms with van der Waals surface area (Å²) in [5.41, 5.74) is 2.56. The molecule has 0 aromatic heterocycles. The van der Waals surface area contributed by atoms with Gasteiger partial charge in [-0.3, -0.25) is 0 Å². The second kappa shape index (κ2) is 10.9. The summed E-state index contributed by atoms with van der Waals surface area (Å²) in [4.78, 5) is 0. The molecule has 0 aliphatic heterocycles. The average Bonchev–Trinajstić information content (AvgIpc) is 2.54. The van der Waals surface area contributed by atoms with Gasteiger partial charge >= 0.3 is 0 Å². The van der Waals surface area contributed by atoms with Gasteiger partial charge in [0.1, 0.15) is 18.1 Å². The number of hydrogen-bond donors (Lipinski definition) is 1. The fraction of sp³-hybridized carbons (Fsp3) is 0.368. The number of para-hydroxylation sites is 1. The van der Waals surface area contributed by atoms with Gasteiger partial charge in [-0.15, -0.1) is 12.4 Å². The van der Waals surface area contributed by atoms with Gasteiger partial charge in [0.2, 0.25) is 0 Å². The molecule has 0 saturated heterocycles. The Morgan fingerprint density at radius 3 is 2.26 bits per heavy atom. The van der Waals surface area contributed by atoms with Crippen LogP contribution in [0.2, 0.25) is 0 Å². The number of nitrogens with one attached hydrogen (secondary N) is 1. The Balaban J connectivity index is 0.00000264. The molecular weight excluding hydrogens is 310 g/mol. The summed E-state index contributed by atoms with van der Waals surface area (Å²) in [7, 11) is 0. The van der Waals surface area contributed by atoms with E-state index in [9.17, 15) is 0 Å². The van der Waals surface area contributed by atoms with Crippen LogP contribution in [-0.2, 0) is 0 Å². The third kappa shape index (κ3) is 7.40. The molecule has 4 heteroatoms. The summed E-state index contributed by atoms with van der Waals surface area (Å²) in [6, 6.07) is 16.1. The normalized spacial score (nSPS) is 10.0. The first-order chi connectivity index (χ1) is 10.8. The number of aryl methyl sites for hydroxylation is 2. The predicted molar refractivity (Wildman–Crippen MR) is 98.1 cm³/mol. The van der Waals surface area contributed by atoms with Crippen molar-refractivity contribution in [1.82, 2.24) is 5.32 Å². The van der Waals surface area contributed by atoms with E-state index in [2.05, 4.69) is 31.3 Å². The molecule has 2 aromatic rings. The maximum absolute atomic E-state index is 5.72. The molecule has 0 fully saturated rings. The standard InChI is InChI=1S/C19H25NO2.ClH/c1-16-9-10-19(15-17(16)2)22-14-12-20-11-6-13-21-18-7-4-3-5-8-18;/h3-5,7-10,15,20H,6,11-14H2,1-2H3;1H. The van der Waals surface area contributed by atoms with Crippen molar-refractivity contribution in [2.75, 3.05) is 26.3 Å². The minimum atomic E-state index is 0. The fourth-order valence-corrected chi connectivity index (χ4v) is 2.07. The summed E-state index contributed by atoms with van der Waals surface area (Å²) in [6.07, 6.45) is 0.985. The summed E-state index contributed by atoms with van der Waals surface area (Å²) in [5.74, 6) is 1.87. The van der Waals surface area contributed by atoms with Gasteiger partial charge < -0.3 is 14.8 Å². The van der Waals surface area contributed by atoms with Crippen molar-refractivity contribution >= 4 is 12.4 Å². The van der Waals surface area contributed by atoms with Crippen molar-refractivity contribution < 1.29 is 9.47 Å². The Kier molecular flexibility index (Phi) is 9.18. The van der Waals surface area contributed by atoms with E-state index in [1.165, 1.54) is 11.1 Å². The van der Waals surface area contributed by atoms with E-state index >= 15 is 0 Å². The van der Waals surface area contributed by atoms with Gasteiger partial charge in [-0.25, -0.2) is 0 Å². The highest BCUT2D eigenvalue weighted by Crippen LogP contribution is 2.16. The molecule has 2 aromatic carbocycles. The first-order valence-electron chi connectivity index (χ1n) is 7.84. The SMILES string of the molecule is Cc1ccc(OCCNCCCOc2ccccc2)cc1C.Cl. The van der Waals surface area contributed by atoms with E-state index in [1.54, 1.807) is 0 Å². The van der Waals surface area contributed by atoms with Gasteiger partial charge in [0.25, 0.3) is 0 Å². The Morgan fingerprint density at radius 2 is 1.52 bits per heavy atom. The monoisotopic (exact) mass is 335 g/mol. The smallest absolute Gasteiger partial charge is 0.119 e. The Hall–Kier alpha value is -1.71. The Morgan fingerprint density at radius 1 is 0.783 bits per heavy atom. The van der Waals surface area contributed by atoms with Crippen LogP contribution in [0, 0.1) is 13.8 Å². The van der Waals surface area contributed by atoms with E-state index < -0.39 is 0 Å². The first kappa shape index (κ1) is 19.3. The van der Waals surface area contributed by atoms with Gasteiger partial charge in [-0.05, 0) is 62.2 Å². The molecule has 0 aliphatic carbocycles. The van der Waals surface area contributed by atoms with E-state index in [1.807, 2.05) is 36.4 Å². The zero-order valence-corrected chi connectivity index (χ0v) is 14.7. The second-order valence-electron chi connectivity index (χ2n) is 5.36. The highest BCUT2D eigenvalue weighted by molar-refractivity contribution is 5.85. The maximum Gasteiger partial charge on any atom is 0.119 e. The second-order valence-corrected chi connectivity index (χ2v) is 5.36. The molecule has 0 amide bonds. The van der Waals surface area contributed by atoms with Crippen molar-refractivity contribution in [2.24, 2.45) is 0 Å². The number of benzene rings is 2. The molecule has 0 heterocycles. The van der Waals surface area contributed by atoms with Crippen molar-refractivity contribution in [3.8, 4) is 11.5 Å². The maximum atomic E-state index is 5.72. The zero-order valence-electron chi connectivity index (χ0n) is 13.9. The lowest BCUT2D eigenvalue weighted by molar-refractivity contribution is 0.294. The summed E-state index contributed by atoms with van der Waals surface area (Å²) in [5, 5.41) is 3.36. The zero-order chi connectivity index (χ0) is 15.6. The van der Waals surface area contributed by atoms with Gasteiger partial charge in [0.05, 0.1) is 6.61 Å². The minimum Gasteiger partial charge on any atom is -0.494 e. The highest BCUT2D eigenvalue weighted by Gasteiger charge is 1.97. The van der Waals surface area contributed by atoms with Gasteiger partial charge in [-0.2, -0.15) is 0 Å². The quantitative estimate of drug-likeness (QED) is 0.698. The van der Waals surface area contributed by atoms with Crippen molar-refractivity contribution in [3.05, 3.63) is 59.7 Å². The number of ether oxygens (including phenoxy) is 2. The van der Waals surface area contributed by atoms with Crippen LogP contribution in [-0.4, -0.2) is 26.3 Å². The molecule has 3 nitrogen and oxygen atoms in total. The van der Waals surface area contributed by atoms with Crippen LogP contribution in [0.15, 0.2) is 48.5 Å². The lowest BCUT2D eigenvalue weighted by Crippen LogP contribution is -2.23. The largest absolute Gasteiger partial charge is 0.494 e. The molecule has 0 saturated carbocycles. The predicted octanol–water partition coefficient (Wildman–Crippen LogP) is 4.16. The number of rotatable bonds is 9. The van der Waals surface area contributed by atoms with Crippen LogP contribution in [0.4, 0.5) is 0 Å². The average molecular weight is 336 g/mol. The summed E-state index contributed by atoms with van der Waals surface area (Å²) < 4.78 is 11.4. The van der Waals surface area contributed by atoms with E-state index in [4.69, 9.17) is 9.47 Å². The van der Waals surface area contributed by atoms with Crippen LogP contribution >= 0.6 is 12.4 Å². The van der Waals surface area contributed by atoms with Crippen LogP contribution in [0.5, 0.6) is 11.5 Å². The van der Waals surface area contributed by atoms with Crippen LogP contribution < -0.4 is 14.8 Å². The summed E-state index contributed by atoms with van der Waals surface area (Å²) >= 11 is 0. The number of hydrogen-bond acceptors (Lipinski definition) is 3. The molecule has 1 N–H and O–H groups in total. The lowest BCUT2D eigenvalue weighted by atomic mass is 10.1. The molecule has 0 radical (unpaired) electrons. The van der Waals surface area contributed by atoms with Gasteiger partial charge in [0, 0.05) is 6.54 Å². The van der Waals surface area contributed by atoms with Crippen molar-refractivity contribution in [1.29, 1.82) is 0 Å². The van der Waals surface area contributed by atoms with Crippen molar-refractivity contribution in [3.63, 3.8) is 0 Å². The van der Waals surface area contributed by atoms with E-state index in [-0.39, 0.29) is 12.4 Å². The fourth-order valence-electron chi connectivity index (χ4n) is 2.07. The third-order valence-electron chi connectivity index (χ3n) is 3.54. The molecule has 126 valence electrons. The number of halogens is 1. The van der Waals surface area contributed by atoms with Crippen LogP contribution in [0.1, 0.15) is 17.5 Å². The van der Waals surface area contributed by atoms with Crippen LogP contribution in [0.3, 0.4) is 0 Å². The molecule has 0 atom stereocenters. The lowest BCUT2D eigenvalue weighted by Gasteiger charge is -2.09. The molecule has 0 unspecified atom stereocenters. The molecule has 0 spiro atoms. The van der Waals surface area contributed by atoms with Gasteiger partial charge in [-0.1, -0.05) is 24.3 Å². The third-order valence-corrected chi connectivity index (χ3v) is 3.54. The van der Waals surface area contributed by atoms with E-state index in [0.29, 0.717) is 6.61 Å². The highest BCUT2D eigenvalue weighted by atomic mass is 35.5. The molecule has 2 rings (SSSR count). The Labute approximate surface area is 145 Å². The van der Waals surface area contributed by atoms with E-state index in [0.717, 1.165) is 37.6 Å². The first-order valence-corrected chi connectivity index (χ1v) is 7.84. The topological polar surface area (TPSA) is 30.5 Å².